The number of phenolic OH excluding ortho intramolecular Hbond substituents is 1. The maximum absolute atomic E-state index is 12.6. The molecule has 3 N–H and O–H groups in total. The Kier molecular flexibility index (Phi) is 5.05. The highest BCUT2D eigenvalue weighted by atomic mass is 79.9. The molecule has 1 amide bonds. The van der Waals surface area contributed by atoms with Gasteiger partial charge in [0.25, 0.3) is 5.91 Å². The van der Waals surface area contributed by atoms with Crippen molar-refractivity contribution >= 4 is 21.8 Å². The van der Waals surface area contributed by atoms with Crippen molar-refractivity contribution in [1.29, 1.82) is 0 Å². The minimum Gasteiger partial charge on any atom is -0.507 e. The summed E-state index contributed by atoms with van der Waals surface area (Å²) in [6, 6.07) is 5.49. The van der Waals surface area contributed by atoms with E-state index in [9.17, 15) is 9.90 Å². The molecule has 0 heterocycles. The Balaban J connectivity index is 2.16. The lowest BCUT2D eigenvalue weighted by Crippen LogP contribution is -2.44. The second-order valence-corrected chi connectivity index (χ2v) is 6.24. The van der Waals surface area contributed by atoms with Gasteiger partial charge in [0.2, 0.25) is 0 Å². The van der Waals surface area contributed by atoms with Crippen LogP contribution in [-0.2, 0) is 0 Å². The molecule has 1 aromatic carbocycles. The van der Waals surface area contributed by atoms with Crippen molar-refractivity contribution in [2.24, 2.45) is 5.73 Å². The average molecular weight is 341 g/mol. The zero-order valence-corrected chi connectivity index (χ0v) is 13.3. The van der Waals surface area contributed by atoms with Crippen molar-refractivity contribution < 1.29 is 9.90 Å². The number of amides is 1. The fourth-order valence-corrected chi connectivity index (χ4v) is 3.17. The molecule has 0 aromatic heterocycles. The van der Waals surface area contributed by atoms with Gasteiger partial charge in [0.05, 0.1) is 5.56 Å². The number of hydrogen-bond donors (Lipinski definition) is 2. The van der Waals surface area contributed by atoms with Gasteiger partial charge in [0.1, 0.15) is 5.75 Å². The molecule has 20 heavy (non-hydrogen) atoms. The highest BCUT2D eigenvalue weighted by Gasteiger charge is 2.28. The molecule has 1 fully saturated rings. The largest absolute Gasteiger partial charge is 0.507 e. The monoisotopic (exact) mass is 340 g/mol. The predicted octanol–water partition coefficient (Wildman–Crippen LogP) is 2.89. The van der Waals surface area contributed by atoms with Crippen LogP contribution in [0.5, 0.6) is 5.75 Å². The van der Waals surface area contributed by atoms with E-state index in [1.807, 2.05) is 11.8 Å². The number of halogens is 1. The van der Waals surface area contributed by atoms with Crippen LogP contribution in [0.3, 0.4) is 0 Å². The van der Waals surface area contributed by atoms with E-state index in [2.05, 4.69) is 15.9 Å². The minimum absolute atomic E-state index is 0.0235. The number of carbonyl (C=O) groups excluding carboxylic acids is 1. The Bertz CT molecular complexity index is 485. The molecule has 0 saturated heterocycles. The number of phenols is 1. The number of nitrogens with two attached hydrogens (primary N) is 1. The van der Waals surface area contributed by atoms with E-state index in [1.54, 1.807) is 18.2 Å². The van der Waals surface area contributed by atoms with Gasteiger partial charge in [0.15, 0.2) is 0 Å². The first kappa shape index (κ1) is 15.3. The summed E-state index contributed by atoms with van der Waals surface area (Å²) < 4.78 is 0.762. The second kappa shape index (κ2) is 6.59. The van der Waals surface area contributed by atoms with Crippen LogP contribution < -0.4 is 5.73 Å². The summed E-state index contributed by atoms with van der Waals surface area (Å²) >= 11 is 3.28. The van der Waals surface area contributed by atoms with Crippen LogP contribution >= 0.6 is 15.9 Å². The molecule has 0 unspecified atom stereocenters. The molecule has 0 radical (unpaired) electrons. The number of aromatic hydroxyl groups is 1. The summed E-state index contributed by atoms with van der Waals surface area (Å²) in [6.07, 6.45) is 3.80. The topological polar surface area (TPSA) is 66.6 Å². The molecule has 0 spiro atoms. The van der Waals surface area contributed by atoms with Crippen molar-refractivity contribution in [1.82, 2.24) is 4.90 Å². The van der Waals surface area contributed by atoms with Crippen molar-refractivity contribution in [3.63, 3.8) is 0 Å². The molecular formula is C15H21BrN2O2. The highest BCUT2D eigenvalue weighted by Crippen LogP contribution is 2.27. The quantitative estimate of drug-likeness (QED) is 0.888. The fourth-order valence-electron chi connectivity index (χ4n) is 2.82. The van der Waals surface area contributed by atoms with Gasteiger partial charge in [-0.25, -0.2) is 0 Å². The van der Waals surface area contributed by atoms with Crippen LogP contribution in [0.25, 0.3) is 0 Å². The predicted molar refractivity (Wildman–Crippen MR) is 82.7 cm³/mol. The van der Waals surface area contributed by atoms with Gasteiger partial charge in [0, 0.05) is 23.1 Å². The summed E-state index contributed by atoms with van der Waals surface area (Å²) in [4.78, 5) is 14.5. The SMILES string of the molecule is CCN(C(=O)c1ccc(Br)cc1O)C1CCC(N)CC1. The molecule has 4 nitrogen and oxygen atoms in total. The number of benzene rings is 1. The Morgan fingerprint density at radius 1 is 1.40 bits per heavy atom. The van der Waals surface area contributed by atoms with E-state index >= 15 is 0 Å². The molecular weight excluding hydrogens is 320 g/mol. The molecule has 1 aromatic rings. The second-order valence-electron chi connectivity index (χ2n) is 5.32. The van der Waals surface area contributed by atoms with Gasteiger partial charge in [-0.05, 0) is 50.8 Å². The van der Waals surface area contributed by atoms with E-state index in [0.717, 1.165) is 30.2 Å². The minimum atomic E-state index is -0.0991. The Morgan fingerprint density at radius 2 is 2.05 bits per heavy atom. The standard InChI is InChI=1S/C15H21BrN2O2/c1-2-18(12-6-4-11(17)5-7-12)15(20)13-8-3-10(16)9-14(13)19/h3,8-9,11-12,19H,2,4-7,17H2,1H3. The summed E-state index contributed by atoms with van der Waals surface area (Å²) in [7, 11) is 0. The summed E-state index contributed by atoms with van der Waals surface area (Å²) in [6.45, 7) is 2.62. The fraction of sp³-hybridized carbons (Fsp3) is 0.533. The van der Waals surface area contributed by atoms with Crippen LogP contribution in [0.1, 0.15) is 43.0 Å². The molecule has 1 saturated carbocycles. The zero-order chi connectivity index (χ0) is 14.7. The maximum atomic E-state index is 12.6. The normalized spacial score (nSPS) is 22.6. The maximum Gasteiger partial charge on any atom is 0.257 e. The number of carbonyl (C=O) groups is 1. The first-order valence-electron chi connectivity index (χ1n) is 7.08. The lowest BCUT2D eigenvalue weighted by atomic mass is 9.90. The van der Waals surface area contributed by atoms with Crippen LogP contribution in [0.4, 0.5) is 0 Å². The highest BCUT2D eigenvalue weighted by molar-refractivity contribution is 9.10. The molecule has 110 valence electrons. The van der Waals surface area contributed by atoms with Gasteiger partial charge < -0.3 is 15.7 Å². The molecule has 1 aliphatic carbocycles. The third-order valence-corrected chi connectivity index (χ3v) is 4.47. The van der Waals surface area contributed by atoms with Crippen molar-refractivity contribution in [2.75, 3.05) is 6.54 Å². The lowest BCUT2D eigenvalue weighted by molar-refractivity contribution is 0.0637. The zero-order valence-electron chi connectivity index (χ0n) is 11.7. The Morgan fingerprint density at radius 3 is 2.60 bits per heavy atom. The first-order chi connectivity index (χ1) is 9.52. The Labute approximate surface area is 128 Å². The van der Waals surface area contributed by atoms with E-state index in [0.29, 0.717) is 12.1 Å². The van der Waals surface area contributed by atoms with Gasteiger partial charge in [-0.2, -0.15) is 0 Å². The van der Waals surface area contributed by atoms with Crippen molar-refractivity contribution in [3.05, 3.63) is 28.2 Å². The first-order valence-corrected chi connectivity index (χ1v) is 7.87. The van der Waals surface area contributed by atoms with E-state index in [1.165, 1.54) is 0 Å². The van der Waals surface area contributed by atoms with Crippen molar-refractivity contribution in [2.45, 2.75) is 44.7 Å². The van der Waals surface area contributed by atoms with Gasteiger partial charge in [-0.1, -0.05) is 15.9 Å². The molecule has 0 aliphatic heterocycles. The average Bonchev–Trinajstić information content (AvgIpc) is 2.41. The number of hydrogen-bond acceptors (Lipinski definition) is 3. The van der Waals surface area contributed by atoms with Gasteiger partial charge >= 0.3 is 0 Å². The van der Waals surface area contributed by atoms with Crippen LogP contribution in [0.2, 0.25) is 0 Å². The number of rotatable bonds is 3. The summed E-state index contributed by atoms with van der Waals surface area (Å²) in [5.74, 6) is -0.0756. The number of nitrogens with zero attached hydrogens (tertiary/aromatic N) is 1. The smallest absolute Gasteiger partial charge is 0.257 e. The molecule has 0 bridgehead atoms. The van der Waals surface area contributed by atoms with E-state index in [4.69, 9.17) is 5.73 Å². The van der Waals surface area contributed by atoms with Crippen LogP contribution in [0, 0.1) is 0 Å². The molecule has 1 aliphatic rings. The third-order valence-electron chi connectivity index (χ3n) is 3.97. The van der Waals surface area contributed by atoms with E-state index < -0.39 is 0 Å². The molecule has 2 rings (SSSR count). The van der Waals surface area contributed by atoms with Crippen molar-refractivity contribution in [3.8, 4) is 5.75 Å². The molecule has 5 heteroatoms. The Hall–Kier alpha value is -1.07. The lowest BCUT2D eigenvalue weighted by Gasteiger charge is -2.35. The van der Waals surface area contributed by atoms with Gasteiger partial charge in [-0.3, -0.25) is 4.79 Å². The third kappa shape index (κ3) is 3.33. The van der Waals surface area contributed by atoms with Gasteiger partial charge in [-0.15, -0.1) is 0 Å². The molecule has 0 atom stereocenters. The van der Waals surface area contributed by atoms with E-state index in [-0.39, 0.29) is 23.7 Å². The summed E-state index contributed by atoms with van der Waals surface area (Å²) in [5.41, 5.74) is 6.28. The summed E-state index contributed by atoms with van der Waals surface area (Å²) in [5, 5.41) is 9.95. The van der Waals surface area contributed by atoms with Crippen LogP contribution in [-0.4, -0.2) is 34.5 Å². The van der Waals surface area contributed by atoms with Crippen LogP contribution in [0.15, 0.2) is 22.7 Å².